The van der Waals surface area contributed by atoms with Crippen molar-refractivity contribution in [2.45, 2.75) is 70.3 Å². The summed E-state index contributed by atoms with van der Waals surface area (Å²) in [6.07, 6.45) is 15.1. The Morgan fingerprint density at radius 2 is 1.37 bits per heavy atom. The van der Waals surface area contributed by atoms with Crippen LogP contribution < -0.4 is 11.5 Å². The summed E-state index contributed by atoms with van der Waals surface area (Å²) in [5.41, 5.74) is 10.9. The van der Waals surface area contributed by atoms with Crippen molar-refractivity contribution in [2.75, 3.05) is 6.26 Å². The minimum atomic E-state index is 0.102. The number of aliphatic imine (C=N–C) groups is 2. The van der Waals surface area contributed by atoms with Gasteiger partial charge in [-0.05, 0) is 19.1 Å². The molecule has 1 aliphatic carbocycles. The molecule has 1 saturated carbocycles. The normalized spacial score (nSPS) is 20.6. The third-order valence-corrected chi connectivity index (χ3v) is 4.09. The number of hydrogen-bond acceptors (Lipinski definition) is 2. The fraction of sp³-hybridized carbons (Fsp3) is 0.857. The van der Waals surface area contributed by atoms with Gasteiger partial charge in [0.25, 0.3) is 0 Å². The predicted molar refractivity (Wildman–Crippen MR) is 86.7 cm³/mol. The highest BCUT2D eigenvalue weighted by Gasteiger charge is 2.09. The highest BCUT2D eigenvalue weighted by molar-refractivity contribution is 8.13. The zero-order valence-electron chi connectivity index (χ0n) is 12.1. The molecular weight excluding hydrogens is 256 g/mol. The van der Waals surface area contributed by atoms with Crippen LogP contribution in [0.2, 0.25) is 0 Å². The molecule has 0 amide bonds. The Hall–Kier alpha value is -0.710. The van der Waals surface area contributed by atoms with Crippen LogP contribution in [0.25, 0.3) is 0 Å². The van der Waals surface area contributed by atoms with Crippen LogP contribution in [0.5, 0.6) is 0 Å². The van der Waals surface area contributed by atoms with E-state index >= 15 is 0 Å². The molecule has 0 saturated heterocycles. The number of amidine groups is 1. The average molecular weight is 284 g/mol. The first-order valence-corrected chi connectivity index (χ1v) is 8.66. The third-order valence-electron chi connectivity index (χ3n) is 3.53. The molecule has 0 aromatic rings. The van der Waals surface area contributed by atoms with Gasteiger partial charge in [-0.1, -0.05) is 63.1 Å². The molecule has 0 aromatic carbocycles. The van der Waals surface area contributed by atoms with E-state index in [-0.39, 0.29) is 5.96 Å². The highest BCUT2D eigenvalue weighted by Crippen LogP contribution is 2.20. The van der Waals surface area contributed by atoms with Crippen molar-refractivity contribution in [1.82, 2.24) is 0 Å². The van der Waals surface area contributed by atoms with Gasteiger partial charge in [0.2, 0.25) is 0 Å². The topological polar surface area (TPSA) is 76.8 Å². The lowest BCUT2D eigenvalue weighted by Gasteiger charge is -2.12. The van der Waals surface area contributed by atoms with Crippen molar-refractivity contribution in [3.05, 3.63) is 0 Å². The van der Waals surface area contributed by atoms with Crippen LogP contribution in [-0.4, -0.2) is 23.4 Å². The fourth-order valence-corrected chi connectivity index (χ4v) is 2.94. The van der Waals surface area contributed by atoms with E-state index in [0.29, 0.717) is 6.04 Å². The summed E-state index contributed by atoms with van der Waals surface area (Å²) in [5, 5.41) is 0.722. The van der Waals surface area contributed by atoms with E-state index in [0.717, 1.165) is 5.17 Å². The summed E-state index contributed by atoms with van der Waals surface area (Å²) in [7, 11) is 0. The second kappa shape index (κ2) is 10.1. The molecule has 0 unspecified atom stereocenters. The Balaban J connectivity index is 2.58. The summed E-state index contributed by atoms with van der Waals surface area (Å²) < 4.78 is 0. The maximum Gasteiger partial charge on any atom is 0.193 e. The van der Waals surface area contributed by atoms with Crippen molar-refractivity contribution < 1.29 is 0 Å². The van der Waals surface area contributed by atoms with E-state index in [2.05, 4.69) is 4.99 Å². The first-order chi connectivity index (χ1) is 9.22. The van der Waals surface area contributed by atoms with E-state index in [4.69, 9.17) is 16.5 Å². The minimum Gasteiger partial charge on any atom is -0.370 e. The molecule has 0 heterocycles. The molecule has 0 aromatic heterocycles. The SMILES string of the molecule is CSC(N=C(N)N)=NC1CCCCCCCCCC1. The van der Waals surface area contributed by atoms with Crippen molar-refractivity contribution >= 4 is 22.9 Å². The molecular formula is C14H28N4S. The van der Waals surface area contributed by atoms with E-state index in [1.165, 1.54) is 76.0 Å². The van der Waals surface area contributed by atoms with Gasteiger partial charge in [-0.15, -0.1) is 0 Å². The van der Waals surface area contributed by atoms with Crippen LogP contribution in [-0.2, 0) is 0 Å². The molecule has 1 aliphatic rings. The van der Waals surface area contributed by atoms with Crippen LogP contribution in [0.4, 0.5) is 0 Å². The van der Waals surface area contributed by atoms with Crippen molar-refractivity contribution in [3.8, 4) is 0 Å². The number of guanidine groups is 1. The van der Waals surface area contributed by atoms with Crippen LogP contribution in [0, 0.1) is 0 Å². The Morgan fingerprint density at radius 1 is 0.895 bits per heavy atom. The standard InChI is InChI=1S/C14H28N4S/c1-19-14(18-13(15)16)17-12-10-8-6-4-2-3-5-7-9-11-12/h12H,2-11H2,1H3,(H4,15,16,17,18). The molecule has 19 heavy (non-hydrogen) atoms. The van der Waals surface area contributed by atoms with Gasteiger partial charge in [0.1, 0.15) is 0 Å². The highest BCUT2D eigenvalue weighted by atomic mass is 32.2. The van der Waals surface area contributed by atoms with Crippen LogP contribution >= 0.6 is 11.8 Å². The van der Waals surface area contributed by atoms with Crippen molar-refractivity contribution in [2.24, 2.45) is 21.5 Å². The largest absolute Gasteiger partial charge is 0.370 e. The van der Waals surface area contributed by atoms with Gasteiger partial charge < -0.3 is 11.5 Å². The van der Waals surface area contributed by atoms with Gasteiger partial charge >= 0.3 is 0 Å². The smallest absolute Gasteiger partial charge is 0.193 e. The lowest BCUT2D eigenvalue weighted by atomic mass is 10.0. The monoisotopic (exact) mass is 284 g/mol. The third kappa shape index (κ3) is 8.14. The predicted octanol–water partition coefficient (Wildman–Crippen LogP) is 3.26. The number of rotatable bonds is 1. The molecule has 0 spiro atoms. The summed E-state index contributed by atoms with van der Waals surface area (Å²) in [4.78, 5) is 8.82. The first-order valence-electron chi connectivity index (χ1n) is 7.44. The van der Waals surface area contributed by atoms with Gasteiger partial charge in [-0.3, -0.25) is 4.99 Å². The number of thioether (sulfide) groups is 1. The maximum atomic E-state index is 5.43. The van der Waals surface area contributed by atoms with Gasteiger partial charge in [-0.2, -0.15) is 4.99 Å². The van der Waals surface area contributed by atoms with Crippen LogP contribution in [0.15, 0.2) is 9.98 Å². The zero-order valence-corrected chi connectivity index (χ0v) is 12.9. The summed E-state index contributed by atoms with van der Waals surface area (Å²) in [6.45, 7) is 0. The molecule has 5 heteroatoms. The summed E-state index contributed by atoms with van der Waals surface area (Å²) in [6, 6.07) is 0.392. The lowest BCUT2D eigenvalue weighted by Crippen LogP contribution is -2.24. The first kappa shape index (κ1) is 16.3. The molecule has 110 valence electrons. The van der Waals surface area contributed by atoms with Crippen LogP contribution in [0.3, 0.4) is 0 Å². The Labute approximate surface area is 121 Å². The number of nitrogens with zero attached hydrogens (tertiary/aromatic N) is 2. The van der Waals surface area contributed by atoms with Crippen molar-refractivity contribution in [1.29, 1.82) is 0 Å². The van der Waals surface area contributed by atoms with Gasteiger partial charge in [-0.25, -0.2) is 0 Å². The molecule has 0 aliphatic heterocycles. The van der Waals surface area contributed by atoms with E-state index in [1.807, 2.05) is 6.26 Å². The quantitative estimate of drug-likeness (QED) is 0.573. The van der Waals surface area contributed by atoms with Gasteiger partial charge in [0.05, 0.1) is 6.04 Å². The molecule has 1 fully saturated rings. The second-order valence-electron chi connectivity index (χ2n) is 5.21. The minimum absolute atomic E-state index is 0.102. The maximum absolute atomic E-state index is 5.43. The summed E-state index contributed by atoms with van der Waals surface area (Å²) in [5.74, 6) is 0.102. The second-order valence-corrected chi connectivity index (χ2v) is 5.99. The molecule has 4 nitrogen and oxygen atoms in total. The molecule has 0 atom stereocenters. The average Bonchev–Trinajstić information content (AvgIpc) is 2.43. The number of nitrogens with two attached hydrogens (primary N) is 2. The summed E-state index contributed by atoms with van der Waals surface area (Å²) >= 11 is 1.52. The van der Waals surface area contributed by atoms with E-state index < -0.39 is 0 Å². The Bertz CT molecular complexity index is 286. The number of hydrogen-bond donors (Lipinski definition) is 2. The lowest BCUT2D eigenvalue weighted by molar-refractivity contribution is 0.512. The van der Waals surface area contributed by atoms with E-state index in [9.17, 15) is 0 Å². The van der Waals surface area contributed by atoms with Gasteiger partial charge in [0.15, 0.2) is 11.1 Å². The Kier molecular flexibility index (Phi) is 8.71. The fourth-order valence-electron chi connectivity index (χ4n) is 2.49. The molecule has 0 radical (unpaired) electrons. The van der Waals surface area contributed by atoms with Gasteiger partial charge in [0, 0.05) is 0 Å². The van der Waals surface area contributed by atoms with E-state index in [1.54, 1.807) is 0 Å². The molecule has 4 N–H and O–H groups in total. The molecule has 0 bridgehead atoms. The zero-order chi connectivity index (χ0) is 13.9. The van der Waals surface area contributed by atoms with Crippen LogP contribution in [0.1, 0.15) is 64.2 Å². The molecule has 1 rings (SSSR count). The Morgan fingerprint density at radius 3 is 1.79 bits per heavy atom. The van der Waals surface area contributed by atoms with Crippen molar-refractivity contribution in [3.63, 3.8) is 0 Å².